The lowest BCUT2D eigenvalue weighted by Crippen LogP contribution is -2.99. The second-order valence-corrected chi connectivity index (χ2v) is 3.95. The molecule has 2 rings (SSSR count). The van der Waals surface area contributed by atoms with Crippen molar-refractivity contribution >= 4 is 23.5 Å². The number of benzene rings is 1. The first kappa shape index (κ1) is 12.4. The van der Waals surface area contributed by atoms with Gasteiger partial charge in [0.1, 0.15) is 5.76 Å². The smallest absolute Gasteiger partial charge is 0.168 e. The van der Waals surface area contributed by atoms with Crippen molar-refractivity contribution in [3.8, 4) is 0 Å². The Morgan fingerprint density at radius 3 is 2.78 bits per heavy atom. The molecule has 1 heterocycles. The minimum absolute atomic E-state index is 0.225. The van der Waals surface area contributed by atoms with E-state index in [1.165, 1.54) is 6.07 Å². The van der Waals surface area contributed by atoms with Gasteiger partial charge >= 0.3 is 0 Å². The Bertz CT molecular complexity index is 560. The molecule has 0 aliphatic rings. The molecule has 2 aromatic rings. The van der Waals surface area contributed by atoms with Gasteiger partial charge in [-0.2, -0.15) is 5.23 Å². The molecule has 0 fully saturated rings. The van der Waals surface area contributed by atoms with Crippen LogP contribution in [0.1, 0.15) is 16.9 Å². The van der Waals surface area contributed by atoms with Gasteiger partial charge in [-0.3, -0.25) is 0 Å². The third kappa shape index (κ3) is 2.60. The fraction of sp³-hybridized carbons (Fsp3) is 0.0769. The maximum atomic E-state index is 10.9. The first-order valence-electron chi connectivity index (χ1n) is 5.43. The average molecular weight is 246 g/mol. The summed E-state index contributed by atoms with van der Waals surface area (Å²) in [4.78, 5) is 0. The van der Waals surface area contributed by atoms with E-state index in [0.717, 1.165) is 11.3 Å². The fourth-order valence-corrected chi connectivity index (χ4v) is 1.68. The molecule has 0 aliphatic carbocycles. The van der Waals surface area contributed by atoms with Gasteiger partial charge in [-0.05, 0) is 42.8 Å². The number of furan rings is 1. The van der Waals surface area contributed by atoms with Gasteiger partial charge in [0, 0.05) is 17.3 Å². The van der Waals surface area contributed by atoms with E-state index in [9.17, 15) is 5.21 Å². The van der Waals surface area contributed by atoms with Crippen LogP contribution in [0.15, 0.2) is 34.9 Å². The van der Waals surface area contributed by atoms with Gasteiger partial charge in [-0.1, -0.05) is 0 Å². The molecular formula is C13H14N2O3. The molecule has 1 atom stereocenters. The van der Waals surface area contributed by atoms with E-state index in [2.05, 4.69) is 0 Å². The van der Waals surface area contributed by atoms with E-state index < -0.39 is 5.23 Å². The van der Waals surface area contributed by atoms with Gasteiger partial charge in [0.05, 0.1) is 6.26 Å². The average Bonchev–Trinajstić information content (AvgIpc) is 2.82. The Hall–Kier alpha value is -2.08. The summed E-state index contributed by atoms with van der Waals surface area (Å²) in [5.74, 6) is 0.717. The zero-order valence-electron chi connectivity index (χ0n) is 9.88. The van der Waals surface area contributed by atoms with E-state index >= 15 is 0 Å². The lowest BCUT2D eigenvalue weighted by atomic mass is 10.1. The molecule has 94 valence electrons. The monoisotopic (exact) mass is 246 g/mol. The Labute approximate surface area is 104 Å². The van der Waals surface area contributed by atoms with Crippen LogP contribution in [0.3, 0.4) is 0 Å². The molecule has 0 radical (unpaired) electrons. The Kier molecular flexibility index (Phi) is 3.47. The summed E-state index contributed by atoms with van der Waals surface area (Å²) in [6.45, 7) is 1.74. The van der Waals surface area contributed by atoms with Crippen molar-refractivity contribution in [2.45, 2.75) is 6.92 Å². The molecule has 4 N–H and O–H groups in total. The molecule has 0 spiro atoms. The standard InChI is InChI=1S/C13H14N2O3/c1-9-7-10(4-5-11-3-2-6-18-11)12(14)8-13(9)15(16)17/h2-8,15-16H,14H2,1H3. The number of quaternary nitrogens is 1. The highest BCUT2D eigenvalue weighted by molar-refractivity contribution is 5.76. The summed E-state index contributed by atoms with van der Waals surface area (Å²) >= 11 is 0. The topological polar surface area (TPSA) is 86.9 Å². The second kappa shape index (κ2) is 5.05. The van der Waals surface area contributed by atoms with Crippen molar-refractivity contribution in [2.24, 2.45) is 0 Å². The van der Waals surface area contributed by atoms with E-state index in [0.29, 0.717) is 11.3 Å². The number of hydrogen-bond donors (Lipinski definition) is 3. The molecule has 0 saturated carbocycles. The van der Waals surface area contributed by atoms with Gasteiger partial charge in [0.15, 0.2) is 5.69 Å². The van der Waals surface area contributed by atoms with Gasteiger partial charge < -0.3 is 15.4 Å². The van der Waals surface area contributed by atoms with Gasteiger partial charge in [-0.15, -0.1) is 0 Å². The maximum Gasteiger partial charge on any atom is 0.168 e. The molecule has 0 aliphatic heterocycles. The van der Waals surface area contributed by atoms with Crippen molar-refractivity contribution in [1.82, 2.24) is 0 Å². The van der Waals surface area contributed by atoms with Crippen LogP contribution < -0.4 is 11.0 Å². The summed E-state index contributed by atoms with van der Waals surface area (Å²) in [5, 5.41) is 18.9. The predicted octanol–water partition coefficient (Wildman–Crippen LogP) is 1.74. The highest BCUT2D eigenvalue weighted by atomic mass is 16.8. The van der Waals surface area contributed by atoms with Crippen molar-refractivity contribution < 1.29 is 14.9 Å². The number of nitrogens with two attached hydrogens (primary N) is 1. The molecule has 0 bridgehead atoms. The molecule has 0 saturated heterocycles. The molecule has 1 unspecified atom stereocenters. The number of aryl methyl sites for hydroxylation is 1. The summed E-state index contributed by atoms with van der Waals surface area (Å²) in [5.41, 5.74) is 7.93. The van der Waals surface area contributed by atoms with E-state index in [-0.39, 0.29) is 5.69 Å². The van der Waals surface area contributed by atoms with Gasteiger partial charge in [-0.25, -0.2) is 5.21 Å². The molecule has 18 heavy (non-hydrogen) atoms. The summed E-state index contributed by atoms with van der Waals surface area (Å²) in [6, 6.07) is 6.84. The fourth-order valence-electron chi connectivity index (χ4n) is 1.68. The zero-order valence-corrected chi connectivity index (χ0v) is 9.88. The van der Waals surface area contributed by atoms with Crippen molar-refractivity contribution in [2.75, 3.05) is 5.73 Å². The predicted molar refractivity (Wildman–Crippen MR) is 69.0 cm³/mol. The zero-order chi connectivity index (χ0) is 13.1. The molecule has 1 aromatic carbocycles. The van der Waals surface area contributed by atoms with Crippen molar-refractivity contribution in [3.05, 3.63) is 52.6 Å². The number of rotatable bonds is 3. The first-order chi connectivity index (χ1) is 8.58. The maximum absolute atomic E-state index is 10.9. The van der Waals surface area contributed by atoms with Crippen LogP contribution in [-0.2, 0) is 0 Å². The van der Waals surface area contributed by atoms with Crippen molar-refractivity contribution in [1.29, 1.82) is 0 Å². The third-order valence-corrected chi connectivity index (χ3v) is 2.63. The Balaban J connectivity index is 2.32. The van der Waals surface area contributed by atoms with Crippen LogP contribution in [-0.4, -0.2) is 5.21 Å². The molecule has 0 amide bonds. The van der Waals surface area contributed by atoms with Crippen LogP contribution in [0.4, 0.5) is 11.4 Å². The number of nitrogens with one attached hydrogen (secondary N) is 1. The van der Waals surface area contributed by atoms with Crippen LogP contribution >= 0.6 is 0 Å². The molecule has 5 nitrogen and oxygen atoms in total. The van der Waals surface area contributed by atoms with Crippen LogP contribution in [0.25, 0.3) is 12.2 Å². The van der Waals surface area contributed by atoms with Gasteiger partial charge in [0.25, 0.3) is 0 Å². The quantitative estimate of drug-likeness (QED) is 0.568. The SMILES string of the molecule is Cc1cc(C=Cc2ccco2)c(N)cc1[NH+]([O-])O. The van der Waals surface area contributed by atoms with E-state index in [1.807, 2.05) is 6.07 Å². The summed E-state index contributed by atoms with van der Waals surface area (Å²) in [7, 11) is 0. The Morgan fingerprint density at radius 2 is 2.17 bits per heavy atom. The highest BCUT2D eigenvalue weighted by Gasteiger charge is 2.08. The second-order valence-electron chi connectivity index (χ2n) is 3.95. The number of nitrogen functional groups attached to an aromatic ring is 1. The first-order valence-corrected chi connectivity index (χ1v) is 5.43. The minimum atomic E-state index is -0.972. The number of anilines is 1. The molecular weight excluding hydrogens is 232 g/mol. The third-order valence-electron chi connectivity index (χ3n) is 2.63. The largest absolute Gasteiger partial charge is 0.595 e. The lowest BCUT2D eigenvalue weighted by molar-refractivity contribution is -0.991. The number of hydrogen-bond acceptors (Lipinski definition) is 4. The lowest BCUT2D eigenvalue weighted by Gasteiger charge is -2.15. The highest BCUT2D eigenvalue weighted by Crippen LogP contribution is 2.22. The van der Waals surface area contributed by atoms with Crippen LogP contribution in [0.2, 0.25) is 0 Å². The van der Waals surface area contributed by atoms with E-state index in [4.69, 9.17) is 15.4 Å². The molecule has 5 heteroatoms. The van der Waals surface area contributed by atoms with Crippen LogP contribution in [0.5, 0.6) is 0 Å². The molecule has 1 aromatic heterocycles. The summed E-state index contributed by atoms with van der Waals surface area (Å²) < 4.78 is 5.17. The Morgan fingerprint density at radius 1 is 1.39 bits per heavy atom. The van der Waals surface area contributed by atoms with Crippen molar-refractivity contribution in [3.63, 3.8) is 0 Å². The van der Waals surface area contributed by atoms with Gasteiger partial charge in [0.2, 0.25) is 0 Å². The minimum Gasteiger partial charge on any atom is -0.595 e. The normalized spacial score (nSPS) is 13.1. The van der Waals surface area contributed by atoms with E-state index in [1.54, 1.807) is 37.5 Å². The van der Waals surface area contributed by atoms with Crippen LogP contribution in [0, 0.1) is 12.1 Å². The summed E-state index contributed by atoms with van der Waals surface area (Å²) in [6.07, 6.45) is 5.17.